The van der Waals surface area contributed by atoms with Gasteiger partial charge in [-0.1, -0.05) is 23.2 Å². The smallest absolute Gasteiger partial charge is 0.284 e. The standard InChI is InChI=1S/C17H13Cl2N3O6S2/c1-21(2)9-20-29(25,26)14-7-10(18)3-5-12(14)16(23)22-17(24)13-6-4-11(19)8-15(13)30(22,27)28/h3-9H,1-2H3. The van der Waals surface area contributed by atoms with Crippen molar-refractivity contribution in [1.29, 1.82) is 0 Å². The number of carbonyl (C=O) groups is 2. The quantitative estimate of drug-likeness (QED) is 0.366. The number of carbonyl (C=O) groups excluding carboxylic acids is 2. The first-order chi connectivity index (χ1) is 13.9. The Bertz CT molecular complexity index is 1320. The zero-order valence-electron chi connectivity index (χ0n) is 15.4. The van der Waals surface area contributed by atoms with Gasteiger partial charge in [0.1, 0.15) is 16.1 Å². The van der Waals surface area contributed by atoms with Gasteiger partial charge in [-0.25, -0.2) is 8.42 Å². The Kier molecular flexibility index (Phi) is 5.67. The number of imide groups is 1. The molecule has 0 bridgehead atoms. The Balaban J connectivity index is 2.17. The van der Waals surface area contributed by atoms with E-state index >= 15 is 0 Å². The molecule has 9 nitrogen and oxygen atoms in total. The maximum absolute atomic E-state index is 13.1. The van der Waals surface area contributed by atoms with Gasteiger partial charge < -0.3 is 4.90 Å². The van der Waals surface area contributed by atoms with Gasteiger partial charge in [0.2, 0.25) is 0 Å². The minimum atomic E-state index is -4.59. The van der Waals surface area contributed by atoms with Crippen molar-refractivity contribution in [3.63, 3.8) is 0 Å². The lowest BCUT2D eigenvalue weighted by molar-refractivity contribution is 0.0737. The van der Waals surface area contributed by atoms with Crippen LogP contribution in [0.3, 0.4) is 0 Å². The van der Waals surface area contributed by atoms with Crippen molar-refractivity contribution in [3.05, 3.63) is 57.6 Å². The molecule has 0 aliphatic carbocycles. The summed E-state index contributed by atoms with van der Waals surface area (Å²) in [6.07, 6.45) is 0.986. The molecule has 2 aromatic rings. The third kappa shape index (κ3) is 3.81. The number of rotatable bonds is 4. The number of amides is 2. The van der Waals surface area contributed by atoms with Crippen LogP contribution in [0.25, 0.3) is 0 Å². The lowest BCUT2D eigenvalue weighted by Gasteiger charge is -2.15. The van der Waals surface area contributed by atoms with Crippen molar-refractivity contribution in [3.8, 4) is 0 Å². The number of sulfonamides is 2. The molecule has 158 valence electrons. The average Bonchev–Trinajstić information content (AvgIpc) is 2.85. The van der Waals surface area contributed by atoms with Crippen molar-refractivity contribution >= 4 is 61.4 Å². The van der Waals surface area contributed by atoms with Crippen LogP contribution in [0.4, 0.5) is 0 Å². The molecule has 13 heteroatoms. The monoisotopic (exact) mass is 489 g/mol. The number of nitrogens with zero attached hydrogens (tertiary/aromatic N) is 3. The molecular formula is C17H13Cl2N3O6S2. The first-order valence-electron chi connectivity index (χ1n) is 8.06. The third-order valence-corrected chi connectivity index (χ3v) is 7.37. The highest BCUT2D eigenvalue weighted by Crippen LogP contribution is 2.34. The van der Waals surface area contributed by atoms with Crippen LogP contribution in [0.5, 0.6) is 0 Å². The SMILES string of the molecule is CN(C)C=NS(=O)(=O)c1cc(Cl)ccc1C(=O)N1C(=O)c2ccc(Cl)cc2S1(=O)=O. The maximum Gasteiger partial charge on any atom is 0.284 e. The summed E-state index contributed by atoms with van der Waals surface area (Å²) in [7, 11) is -5.97. The van der Waals surface area contributed by atoms with E-state index < -0.39 is 47.2 Å². The van der Waals surface area contributed by atoms with E-state index in [2.05, 4.69) is 4.40 Å². The van der Waals surface area contributed by atoms with E-state index in [4.69, 9.17) is 23.2 Å². The van der Waals surface area contributed by atoms with E-state index in [1.54, 1.807) is 0 Å². The number of hydrogen-bond acceptors (Lipinski definition) is 6. The number of hydrogen-bond donors (Lipinski definition) is 0. The van der Waals surface area contributed by atoms with Gasteiger partial charge in [0.05, 0.1) is 11.1 Å². The van der Waals surface area contributed by atoms with Gasteiger partial charge in [0.15, 0.2) is 0 Å². The normalized spacial score (nSPS) is 15.5. The van der Waals surface area contributed by atoms with Crippen molar-refractivity contribution in [2.24, 2.45) is 4.40 Å². The van der Waals surface area contributed by atoms with E-state index in [9.17, 15) is 26.4 Å². The molecule has 0 aromatic heterocycles. The fourth-order valence-corrected chi connectivity index (χ4v) is 5.76. The minimum absolute atomic E-state index is 0.00587. The van der Waals surface area contributed by atoms with E-state index in [1.807, 2.05) is 0 Å². The van der Waals surface area contributed by atoms with E-state index in [-0.39, 0.29) is 19.9 Å². The molecule has 1 aliphatic heterocycles. The zero-order chi connectivity index (χ0) is 22.4. The number of benzene rings is 2. The van der Waals surface area contributed by atoms with Gasteiger partial charge in [0, 0.05) is 24.1 Å². The molecule has 3 rings (SSSR count). The largest absolute Gasteiger partial charge is 0.368 e. The molecule has 2 amide bonds. The minimum Gasteiger partial charge on any atom is -0.368 e. The summed E-state index contributed by atoms with van der Waals surface area (Å²) in [6, 6.07) is 6.68. The molecule has 2 aromatic carbocycles. The highest BCUT2D eigenvalue weighted by Gasteiger charge is 2.46. The second kappa shape index (κ2) is 7.65. The molecule has 0 radical (unpaired) electrons. The topological polar surface area (TPSA) is 121 Å². The first-order valence-corrected chi connectivity index (χ1v) is 11.7. The maximum atomic E-state index is 13.1. The van der Waals surface area contributed by atoms with Gasteiger partial charge in [-0.2, -0.15) is 12.7 Å². The summed E-state index contributed by atoms with van der Waals surface area (Å²) in [4.78, 5) is 26.0. The molecule has 0 saturated carbocycles. The molecule has 30 heavy (non-hydrogen) atoms. The van der Waals surface area contributed by atoms with Crippen LogP contribution in [0, 0.1) is 0 Å². The van der Waals surface area contributed by atoms with Gasteiger partial charge in [-0.3, -0.25) is 9.59 Å². The summed E-state index contributed by atoms with van der Waals surface area (Å²) in [5.74, 6) is -2.48. The van der Waals surface area contributed by atoms with Gasteiger partial charge in [0.25, 0.3) is 31.9 Å². The zero-order valence-corrected chi connectivity index (χ0v) is 18.5. The van der Waals surface area contributed by atoms with Crippen LogP contribution in [-0.4, -0.2) is 58.3 Å². The summed E-state index contributed by atoms with van der Waals surface area (Å²) >= 11 is 11.7. The van der Waals surface area contributed by atoms with Gasteiger partial charge in [-0.05, 0) is 36.4 Å². The summed E-state index contributed by atoms with van der Waals surface area (Å²) in [5.41, 5.74) is -0.831. The van der Waals surface area contributed by atoms with Crippen LogP contribution < -0.4 is 0 Å². The molecule has 1 aliphatic rings. The lowest BCUT2D eigenvalue weighted by atomic mass is 10.2. The van der Waals surface area contributed by atoms with Gasteiger partial charge in [-0.15, -0.1) is 4.40 Å². The summed E-state index contributed by atoms with van der Waals surface area (Å²) in [5, 5.41) is 0.0167. The summed E-state index contributed by atoms with van der Waals surface area (Å²) in [6.45, 7) is 0. The summed E-state index contributed by atoms with van der Waals surface area (Å²) < 4.78 is 54.3. The molecule has 0 unspecified atom stereocenters. The third-order valence-electron chi connectivity index (χ3n) is 3.93. The van der Waals surface area contributed by atoms with Crippen molar-refractivity contribution in [2.45, 2.75) is 9.79 Å². The fourth-order valence-electron chi connectivity index (χ4n) is 2.61. The molecule has 1 heterocycles. The van der Waals surface area contributed by atoms with Crippen LogP contribution in [0.15, 0.2) is 50.6 Å². The molecule has 0 atom stereocenters. The van der Waals surface area contributed by atoms with Crippen molar-refractivity contribution in [2.75, 3.05) is 14.1 Å². The molecule has 0 fully saturated rings. The first kappa shape index (κ1) is 22.2. The Morgan fingerprint density at radius 2 is 1.70 bits per heavy atom. The fraction of sp³-hybridized carbons (Fsp3) is 0.118. The van der Waals surface area contributed by atoms with E-state index in [0.717, 1.165) is 24.5 Å². The molecule has 0 saturated heterocycles. The Hall–Kier alpha value is -2.47. The molecule has 0 spiro atoms. The van der Waals surface area contributed by atoms with Crippen LogP contribution in [-0.2, 0) is 20.0 Å². The predicted molar refractivity (Wildman–Crippen MR) is 110 cm³/mol. The Labute approximate surface area is 182 Å². The number of halogens is 2. The van der Waals surface area contributed by atoms with Crippen LogP contribution in [0.2, 0.25) is 10.0 Å². The molecule has 0 N–H and O–H groups in total. The lowest BCUT2D eigenvalue weighted by Crippen LogP contribution is -2.37. The van der Waals surface area contributed by atoms with Crippen LogP contribution >= 0.6 is 23.2 Å². The second-order valence-electron chi connectivity index (χ2n) is 6.32. The van der Waals surface area contributed by atoms with Crippen molar-refractivity contribution in [1.82, 2.24) is 9.21 Å². The molecular weight excluding hydrogens is 477 g/mol. The Morgan fingerprint density at radius 3 is 2.33 bits per heavy atom. The van der Waals surface area contributed by atoms with Crippen molar-refractivity contribution < 1.29 is 26.4 Å². The Morgan fingerprint density at radius 1 is 1.10 bits per heavy atom. The van der Waals surface area contributed by atoms with Gasteiger partial charge >= 0.3 is 0 Å². The highest BCUT2D eigenvalue weighted by atomic mass is 35.5. The predicted octanol–water partition coefficient (Wildman–Crippen LogP) is 2.26. The van der Waals surface area contributed by atoms with E-state index in [0.29, 0.717) is 0 Å². The second-order valence-corrected chi connectivity index (χ2v) is 10.5. The number of fused-ring (bicyclic) bond motifs is 1. The highest BCUT2D eigenvalue weighted by molar-refractivity contribution is 7.91. The average molecular weight is 490 g/mol. The van der Waals surface area contributed by atoms with Crippen LogP contribution in [0.1, 0.15) is 20.7 Å². The van der Waals surface area contributed by atoms with E-state index in [1.165, 1.54) is 37.2 Å².